The molecule has 0 unspecified atom stereocenters. The van der Waals surface area contributed by atoms with Crippen molar-refractivity contribution in [3.8, 4) is 17.6 Å². The van der Waals surface area contributed by atoms with Crippen LogP contribution in [0.25, 0.3) is 0 Å². The van der Waals surface area contributed by atoms with Gasteiger partial charge in [0.05, 0.1) is 23.6 Å². The van der Waals surface area contributed by atoms with Gasteiger partial charge in [-0.2, -0.15) is 5.26 Å². The van der Waals surface area contributed by atoms with Crippen molar-refractivity contribution in [2.45, 2.75) is 19.4 Å². The monoisotopic (exact) mass is 425 g/mol. The standard InChI is InChI=1S/C15H20BrN3O2.2ClH/c1-2-21-14-10-11(9-12(16)15(14)20)13(3-4-17)19-7-5-18-6-8-19;;/h9-10,13,18,20H,2-3,5-8H2,1H3;2*1H/t13-;;/m0../s1. The van der Waals surface area contributed by atoms with Crippen LogP contribution in [0.5, 0.6) is 11.5 Å². The van der Waals surface area contributed by atoms with Crippen LogP contribution in [0, 0.1) is 11.3 Å². The number of ether oxygens (including phenoxy) is 1. The van der Waals surface area contributed by atoms with Gasteiger partial charge >= 0.3 is 0 Å². The Balaban J connectivity index is 0.00000242. The minimum Gasteiger partial charge on any atom is -0.503 e. The third-order valence-electron chi connectivity index (χ3n) is 3.61. The van der Waals surface area contributed by atoms with Gasteiger partial charge in [-0.15, -0.1) is 24.8 Å². The first kappa shape index (κ1) is 22.3. The molecule has 23 heavy (non-hydrogen) atoms. The predicted molar refractivity (Wildman–Crippen MR) is 98.9 cm³/mol. The first-order valence-electron chi connectivity index (χ1n) is 7.14. The van der Waals surface area contributed by atoms with Gasteiger partial charge in [0.1, 0.15) is 0 Å². The van der Waals surface area contributed by atoms with E-state index in [-0.39, 0.29) is 36.6 Å². The molecule has 1 heterocycles. The van der Waals surface area contributed by atoms with Crippen LogP contribution in [0.3, 0.4) is 0 Å². The molecule has 0 saturated carbocycles. The highest BCUT2D eigenvalue weighted by atomic mass is 79.9. The Bertz CT molecular complexity index is 534. The number of nitrogens with one attached hydrogen (secondary N) is 1. The molecule has 0 aliphatic carbocycles. The lowest BCUT2D eigenvalue weighted by Gasteiger charge is -2.34. The van der Waals surface area contributed by atoms with Crippen molar-refractivity contribution < 1.29 is 9.84 Å². The zero-order valence-electron chi connectivity index (χ0n) is 12.9. The number of hydrogen-bond acceptors (Lipinski definition) is 5. The van der Waals surface area contributed by atoms with Gasteiger partial charge in [0.15, 0.2) is 11.5 Å². The van der Waals surface area contributed by atoms with Crippen LogP contribution in [0.1, 0.15) is 24.9 Å². The van der Waals surface area contributed by atoms with Gasteiger partial charge in [-0.1, -0.05) is 0 Å². The van der Waals surface area contributed by atoms with Crippen LogP contribution >= 0.6 is 40.7 Å². The fraction of sp³-hybridized carbons (Fsp3) is 0.533. The van der Waals surface area contributed by atoms with E-state index in [9.17, 15) is 5.11 Å². The van der Waals surface area contributed by atoms with E-state index in [1.165, 1.54) is 0 Å². The number of nitriles is 1. The van der Waals surface area contributed by atoms with E-state index in [0.717, 1.165) is 31.7 Å². The number of phenols is 1. The van der Waals surface area contributed by atoms with Gasteiger partial charge in [0.25, 0.3) is 0 Å². The highest BCUT2D eigenvalue weighted by molar-refractivity contribution is 9.10. The Hall–Kier alpha value is -0.710. The summed E-state index contributed by atoms with van der Waals surface area (Å²) < 4.78 is 6.08. The molecule has 130 valence electrons. The van der Waals surface area contributed by atoms with Gasteiger partial charge < -0.3 is 15.2 Å². The second-order valence-corrected chi connectivity index (χ2v) is 5.80. The van der Waals surface area contributed by atoms with Crippen molar-refractivity contribution in [2.75, 3.05) is 32.8 Å². The normalized spacial score (nSPS) is 15.7. The molecule has 0 amide bonds. The summed E-state index contributed by atoms with van der Waals surface area (Å²) in [4.78, 5) is 2.30. The lowest BCUT2D eigenvalue weighted by Crippen LogP contribution is -2.45. The lowest BCUT2D eigenvalue weighted by atomic mass is 10.0. The zero-order chi connectivity index (χ0) is 15.2. The number of piperazine rings is 1. The summed E-state index contributed by atoms with van der Waals surface area (Å²) in [7, 11) is 0. The number of halogens is 3. The van der Waals surface area contributed by atoms with Crippen molar-refractivity contribution in [2.24, 2.45) is 0 Å². The van der Waals surface area contributed by atoms with Crippen LogP contribution in [-0.2, 0) is 0 Å². The summed E-state index contributed by atoms with van der Waals surface area (Å²) in [5, 5.41) is 22.5. The number of nitrogens with zero attached hydrogens (tertiary/aromatic N) is 2. The summed E-state index contributed by atoms with van der Waals surface area (Å²) in [6.07, 6.45) is 0.419. The first-order valence-corrected chi connectivity index (χ1v) is 7.93. The second-order valence-electron chi connectivity index (χ2n) is 4.95. The zero-order valence-corrected chi connectivity index (χ0v) is 16.1. The summed E-state index contributed by atoms with van der Waals surface area (Å²) >= 11 is 3.37. The third-order valence-corrected chi connectivity index (χ3v) is 4.22. The molecule has 1 aliphatic rings. The molecule has 0 spiro atoms. The largest absolute Gasteiger partial charge is 0.503 e. The van der Waals surface area contributed by atoms with Crippen molar-refractivity contribution in [3.05, 3.63) is 22.2 Å². The van der Waals surface area contributed by atoms with Gasteiger partial charge in [0.2, 0.25) is 0 Å². The van der Waals surface area contributed by atoms with Gasteiger partial charge in [-0.3, -0.25) is 4.90 Å². The van der Waals surface area contributed by atoms with Crippen molar-refractivity contribution >= 4 is 40.7 Å². The molecule has 0 radical (unpaired) electrons. The summed E-state index contributed by atoms with van der Waals surface area (Å²) in [5.74, 6) is 0.566. The number of hydrogen-bond donors (Lipinski definition) is 2. The molecule has 1 saturated heterocycles. The van der Waals surface area contributed by atoms with Crippen LogP contribution in [-0.4, -0.2) is 42.8 Å². The minimum absolute atomic E-state index is 0. The molecular formula is C15H22BrCl2N3O2. The molecule has 5 nitrogen and oxygen atoms in total. The molecule has 1 aromatic carbocycles. The van der Waals surface area contributed by atoms with Crippen molar-refractivity contribution in [3.63, 3.8) is 0 Å². The van der Waals surface area contributed by atoms with Crippen LogP contribution < -0.4 is 10.1 Å². The molecule has 8 heteroatoms. The maximum atomic E-state index is 10.0. The quantitative estimate of drug-likeness (QED) is 0.756. The third kappa shape index (κ3) is 5.70. The molecular weight excluding hydrogens is 405 g/mol. The molecule has 2 N–H and O–H groups in total. The summed E-state index contributed by atoms with van der Waals surface area (Å²) in [6.45, 7) is 6.05. The molecule has 0 aromatic heterocycles. The van der Waals surface area contributed by atoms with Gasteiger partial charge in [0, 0.05) is 32.2 Å². The highest BCUT2D eigenvalue weighted by Crippen LogP contribution is 2.39. The predicted octanol–water partition coefficient (Wildman–Crippen LogP) is 3.26. The lowest BCUT2D eigenvalue weighted by molar-refractivity contribution is 0.175. The Morgan fingerprint density at radius 3 is 2.61 bits per heavy atom. The Morgan fingerprint density at radius 2 is 2.04 bits per heavy atom. The van der Waals surface area contributed by atoms with Crippen LogP contribution in [0.4, 0.5) is 0 Å². The molecule has 2 rings (SSSR count). The van der Waals surface area contributed by atoms with E-state index < -0.39 is 0 Å². The fourth-order valence-electron chi connectivity index (χ4n) is 2.59. The average molecular weight is 427 g/mol. The molecule has 1 aliphatic heterocycles. The van der Waals surface area contributed by atoms with Gasteiger partial charge in [-0.25, -0.2) is 0 Å². The second kappa shape index (κ2) is 11.0. The van der Waals surface area contributed by atoms with E-state index in [4.69, 9.17) is 10.00 Å². The minimum atomic E-state index is 0. The van der Waals surface area contributed by atoms with Crippen LogP contribution in [0.15, 0.2) is 16.6 Å². The highest BCUT2D eigenvalue weighted by Gasteiger charge is 2.24. The molecule has 1 aromatic rings. The molecule has 1 atom stereocenters. The maximum absolute atomic E-state index is 10.0. The average Bonchev–Trinajstić information content (AvgIpc) is 2.50. The van der Waals surface area contributed by atoms with Crippen LogP contribution in [0.2, 0.25) is 0 Å². The first-order chi connectivity index (χ1) is 10.2. The van der Waals surface area contributed by atoms with Gasteiger partial charge in [-0.05, 0) is 40.5 Å². The van der Waals surface area contributed by atoms with E-state index >= 15 is 0 Å². The Labute approximate surface area is 157 Å². The van der Waals surface area contributed by atoms with E-state index in [1.54, 1.807) is 0 Å². The Kier molecular flexibility index (Phi) is 10.6. The fourth-order valence-corrected chi connectivity index (χ4v) is 3.05. The van der Waals surface area contributed by atoms with E-state index in [0.29, 0.717) is 23.2 Å². The number of benzene rings is 1. The molecule has 0 bridgehead atoms. The Morgan fingerprint density at radius 1 is 1.39 bits per heavy atom. The SMILES string of the molecule is CCOc1cc([C@H](CC#N)N2CCNCC2)cc(Br)c1O.Cl.Cl. The van der Waals surface area contributed by atoms with Crippen molar-refractivity contribution in [1.82, 2.24) is 10.2 Å². The summed E-state index contributed by atoms with van der Waals surface area (Å²) in [5.41, 5.74) is 0.992. The summed E-state index contributed by atoms with van der Waals surface area (Å²) in [6, 6.07) is 6.01. The number of rotatable bonds is 5. The van der Waals surface area contributed by atoms with Crippen molar-refractivity contribution in [1.29, 1.82) is 5.26 Å². The maximum Gasteiger partial charge on any atom is 0.172 e. The number of phenolic OH excluding ortho intramolecular Hbond substituents is 1. The molecule has 1 fully saturated rings. The van der Waals surface area contributed by atoms with E-state index in [2.05, 4.69) is 32.2 Å². The number of aromatic hydroxyl groups is 1. The van der Waals surface area contributed by atoms with E-state index in [1.807, 2.05) is 19.1 Å². The smallest absolute Gasteiger partial charge is 0.172 e. The topological polar surface area (TPSA) is 68.5 Å².